The number of methoxy groups -OCH3 is 1. The van der Waals surface area contributed by atoms with Crippen LogP contribution in [0.5, 0.6) is 5.75 Å². The van der Waals surface area contributed by atoms with E-state index >= 15 is 0 Å². The minimum atomic E-state index is -0.818. The number of carboxylic acids is 1. The molecule has 1 aliphatic carbocycles. The third-order valence-electron chi connectivity index (χ3n) is 4.25. The van der Waals surface area contributed by atoms with Gasteiger partial charge in [-0.1, -0.05) is 25.7 Å². The molecule has 2 N–H and O–H groups in total. The molecule has 22 heavy (non-hydrogen) atoms. The van der Waals surface area contributed by atoms with Crippen molar-refractivity contribution < 1.29 is 19.4 Å². The highest BCUT2D eigenvalue weighted by molar-refractivity contribution is 5.94. The van der Waals surface area contributed by atoms with Crippen LogP contribution in [0, 0.1) is 5.92 Å². The van der Waals surface area contributed by atoms with E-state index in [4.69, 9.17) is 4.74 Å². The van der Waals surface area contributed by atoms with Crippen LogP contribution in [0.1, 0.15) is 48.9 Å². The van der Waals surface area contributed by atoms with Gasteiger partial charge >= 0.3 is 5.97 Å². The lowest BCUT2D eigenvalue weighted by Crippen LogP contribution is -2.43. The number of hydrogen-bond donors (Lipinski definition) is 2. The fourth-order valence-electron chi connectivity index (χ4n) is 2.95. The number of carbonyl (C=O) groups is 2. The second kappa shape index (κ2) is 7.82. The smallest absolute Gasteiger partial charge is 0.308 e. The van der Waals surface area contributed by atoms with Crippen molar-refractivity contribution >= 4 is 11.9 Å². The summed E-state index contributed by atoms with van der Waals surface area (Å²) in [5.41, 5.74) is 0.520. The molecular weight excluding hydrogens is 282 g/mol. The molecule has 0 aliphatic heterocycles. The van der Waals surface area contributed by atoms with Crippen LogP contribution in [0.3, 0.4) is 0 Å². The van der Waals surface area contributed by atoms with Gasteiger partial charge in [0.15, 0.2) is 0 Å². The fourth-order valence-corrected chi connectivity index (χ4v) is 2.95. The van der Waals surface area contributed by atoms with Crippen molar-refractivity contribution in [3.63, 3.8) is 0 Å². The predicted molar refractivity (Wildman–Crippen MR) is 83.1 cm³/mol. The molecule has 0 heterocycles. The SMILES string of the molecule is COc1ccc(C(=O)NC2CCCCCCC2C(=O)O)cc1. The van der Waals surface area contributed by atoms with Crippen molar-refractivity contribution in [3.05, 3.63) is 29.8 Å². The minimum Gasteiger partial charge on any atom is -0.497 e. The number of rotatable bonds is 4. The van der Waals surface area contributed by atoms with E-state index in [0.29, 0.717) is 17.7 Å². The summed E-state index contributed by atoms with van der Waals surface area (Å²) in [4.78, 5) is 23.8. The van der Waals surface area contributed by atoms with Gasteiger partial charge in [0, 0.05) is 11.6 Å². The average molecular weight is 305 g/mol. The van der Waals surface area contributed by atoms with Gasteiger partial charge in [-0.15, -0.1) is 0 Å². The van der Waals surface area contributed by atoms with Crippen molar-refractivity contribution in [1.82, 2.24) is 5.32 Å². The Morgan fingerprint density at radius 2 is 1.73 bits per heavy atom. The summed E-state index contributed by atoms with van der Waals surface area (Å²) in [6.07, 6.45) is 5.38. The Bertz CT molecular complexity index is 512. The Balaban J connectivity index is 2.06. The van der Waals surface area contributed by atoms with E-state index in [1.807, 2.05) is 0 Å². The van der Waals surface area contributed by atoms with Crippen LogP contribution in [0.2, 0.25) is 0 Å². The quantitative estimate of drug-likeness (QED) is 0.897. The first-order chi connectivity index (χ1) is 10.6. The van der Waals surface area contributed by atoms with E-state index in [1.54, 1.807) is 31.4 Å². The van der Waals surface area contributed by atoms with E-state index in [1.165, 1.54) is 0 Å². The number of aliphatic carboxylic acids is 1. The standard InChI is InChI=1S/C17H23NO4/c1-22-13-10-8-12(9-11-13)16(19)18-15-7-5-3-2-4-6-14(15)17(20)21/h8-11,14-15H,2-7H2,1H3,(H,18,19)(H,20,21). The first-order valence-corrected chi connectivity index (χ1v) is 7.79. The van der Waals surface area contributed by atoms with Gasteiger partial charge < -0.3 is 15.2 Å². The topological polar surface area (TPSA) is 75.6 Å². The zero-order valence-corrected chi connectivity index (χ0v) is 12.9. The minimum absolute atomic E-state index is 0.223. The molecule has 0 bridgehead atoms. The maximum Gasteiger partial charge on any atom is 0.308 e. The van der Waals surface area contributed by atoms with Gasteiger partial charge in [0.05, 0.1) is 13.0 Å². The summed E-state index contributed by atoms with van der Waals surface area (Å²) in [6.45, 7) is 0. The number of benzene rings is 1. The number of hydrogen-bond acceptors (Lipinski definition) is 3. The molecule has 1 aromatic rings. The van der Waals surface area contributed by atoms with Gasteiger partial charge in [-0.25, -0.2) is 0 Å². The van der Waals surface area contributed by atoms with Gasteiger partial charge in [-0.2, -0.15) is 0 Å². The largest absolute Gasteiger partial charge is 0.497 e. The maximum atomic E-state index is 12.3. The summed E-state index contributed by atoms with van der Waals surface area (Å²) in [6, 6.07) is 6.52. The van der Waals surface area contributed by atoms with Gasteiger partial charge in [-0.05, 0) is 37.1 Å². The molecule has 2 unspecified atom stereocenters. The predicted octanol–water partition coefficient (Wildman–Crippen LogP) is 2.85. The first kappa shape index (κ1) is 16.3. The zero-order valence-electron chi connectivity index (χ0n) is 12.9. The summed E-state index contributed by atoms with van der Waals surface area (Å²) >= 11 is 0. The van der Waals surface area contributed by atoms with Crippen LogP contribution in [0.4, 0.5) is 0 Å². The van der Waals surface area contributed by atoms with Crippen molar-refractivity contribution in [1.29, 1.82) is 0 Å². The van der Waals surface area contributed by atoms with Gasteiger partial charge in [-0.3, -0.25) is 9.59 Å². The molecule has 5 nitrogen and oxygen atoms in total. The molecule has 1 amide bonds. The van der Waals surface area contributed by atoms with Gasteiger partial charge in [0.25, 0.3) is 5.91 Å². The lowest BCUT2D eigenvalue weighted by Gasteiger charge is -2.27. The van der Waals surface area contributed by atoms with Crippen LogP contribution >= 0.6 is 0 Å². The van der Waals surface area contributed by atoms with E-state index in [2.05, 4.69) is 5.32 Å². The summed E-state index contributed by atoms with van der Waals surface area (Å²) < 4.78 is 5.07. The van der Waals surface area contributed by atoms with Crippen molar-refractivity contribution in [3.8, 4) is 5.75 Å². The Hall–Kier alpha value is -2.04. The third kappa shape index (κ3) is 4.23. The summed E-state index contributed by atoms with van der Waals surface area (Å²) in [5, 5.41) is 12.3. The van der Waals surface area contributed by atoms with E-state index < -0.39 is 11.9 Å². The third-order valence-corrected chi connectivity index (χ3v) is 4.25. The van der Waals surface area contributed by atoms with Crippen LogP contribution in [0.15, 0.2) is 24.3 Å². The number of carboxylic acid groups (broad SMARTS) is 1. The van der Waals surface area contributed by atoms with Crippen molar-refractivity contribution in [2.75, 3.05) is 7.11 Å². The molecule has 1 fully saturated rings. The lowest BCUT2D eigenvalue weighted by molar-refractivity contribution is -0.143. The summed E-state index contributed by atoms with van der Waals surface area (Å²) in [7, 11) is 1.57. The monoisotopic (exact) mass is 305 g/mol. The number of nitrogens with one attached hydrogen (secondary N) is 1. The molecule has 120 valence electrons. The zero-order chi connectivity index (χ0) is 15.9. The van der Waals surface area contributed by atoms with Gasteiger partial charge in [0.2, 0.25) is 0 Å². The van der Waals surface area contributed by atoms with Crippen LogP contribution in [0.25, 0.3) is 0 Å². The first-order valence-electron chi connectivity index (χ1n) is 7.79. The van der Waals surface area contributed by atoms with Crippen LogP contribution in [-0.4, -0.2) is 30.1 Å². The fraction of sp³-hybridized carbons (Fsp3) is 0.529. The second-order valence-electron chi connectivity index (χ2n) is 5.74. The molecule has 0 saturated heterocycles. The molecule has 1 saturated carbocycles. The normalized spacial score (nSPS) is 22.2. The number of carbonyl (C=O) groups excluding carboxylic acids is 1. The maximum absolute atomic E-state index is 12.3. The molecule has 0 radical (unpaired) electrons. The summed E-state index contributed by atoms with van der Waals surface area (Å²) in [5.74, 6) is -0.852. The Morgan fingerprint density at radius 1 is 1.09 bits per heavy atom. The Morgan fingerprint density at radius 3 is 2.32 bits per heavy atom. The Labute approximate surface area is 130 Å². The van der Waals surface area contributed by atoms with E-state index in [0.717, 1.165) is 32.1 Å². The molecule has 1 aliphatic rings. The lowest BCUT2D eigenvalue weighted by atomic mass is 9.86. The molecule has 5 heteroatoms. The number of amides is 1. The second-order valence-corrected chi connectivity index (χ2v) is 5.74. The molecule has 0 aromatic heterocycles. The average Bonchev–Trinajstić information content (AvgIpc) is 2.49. The highest BCUT2D eigenvalue weighted by Gasteiger charge is 2.30. The molecule has 1 aromatic carbocycles. The molecule has 2 atom stereocenters. The van der Waals surface area contributed by atoms with Crippen molar-refractivity contribution in [2.45, 2.75) is 44.6 Å². The highest BCUT2D eigenvalue weighted by atomic mass is 16.5. The van der Waals surface area contributed by atoms with Crippen molar-refractivity contribution in [2.24, 2.45) is 5.92 Å². The number of ether oxygens (including phenoxy) is 1. The van der Waals surface area contributed by atoms with E-state index in [9.17, 15) is 14.7 Å². The van der Waals surface area contributed by atoms with Gasteiger partial charge in [0.1, 0.15) is 5.75 Å². The highest BCUT2D eigenvalue weighted by Crippen LogP contribution is 2.23. The van der Waals surface area contributed by atoms with E-state index in [-0.39, 0.29) is 11.9 Å². The molecule has 0 spiro atoms. The van der Waals surface area contributed by atoms with Crippen LogP contribution < -0.4 is 10.1 Å². The van der Waals surface area contributed by atoms with Crippen LogP contribution in [-0.2, 0) is 4.79 Å². The molecular formula is C17H23NO4. The molecule has 2 rings (SSSR count). The Kier molecular flexibility index (Phi) is 5.81.